The molecule has 0 saturated heterocycles. The Hall–Kier alpha value is -1.61. The molecule has 4 aliphatic rings. The number of benzene rings is 1. The molecule has 0 radical (unpaired) electrons. The number of hydrogen-bond acceptors (Lipinski definition) is 3. The van der Waals surface area contributed by atoms with Crippen molar-refractivity contribution >= 4 is 5.97 Å². The molecule has 40 heavy (non-hydrogen) atoms. The summed E-state index contributed by atoms with van der Waals surface area (Å²) in [5, 5.41) is 11.9. The molecule has 222 valence electrons. The van der Waals surface area contributed by atoms with Crippen LogP contribution in [0.5, 0.6) is 0 Å². The Balaban J connectivity index is 1.39. The number of aliphatic hydroxyl groups is 1. The molecule has 0 spiro atoms. The lowest BCUT2D eigenvalue weighted by atomic mass is 9.41. The van der Waals surface area contributed by atoms with Crippen molar-refractivity contribution in [2.75, 3.05) is 0 Å². The number of aliphatic hydroxyl groups excluding tert-OH is 1. The second kappa shape index (κ2) is 10.6. The minimum Gasteiger partial charge on any atom is -0.458 e. The Morgan fingerprint density at radius 3 is 2.38 bits per heavy atom. The highest BCUT2D eigenvalue weighted by atomic mass is 16.5. The number of allylic oxidation sites excluding steroid dienone is 2. The van der Waals surface area contributed by atoms with Crippen molar-refractivity contribution in [3.63, 3.8) is 0 Å². The summed E-state index contributed by atoms with van der Waals surface area (Å²) in [5.41, 5.74) is 2.30. The maximum atomic E-state index is 13.0. The third-order valence-electron chi connectivity index (χ3n) is 13.3. The van der Waals surface area contributed by atoms with Crippen LogP contribution in [0.15, 0.2) is 42.0 Å². The van der Waals surface area contributed by atoms with E-state index in [1.165, 1.54) is 19.3 Å². The van der Waals surface area contributed by atoms with Gasteiger partial charge in [-0.25, -0.2) is 4.79 Å². The van der Waals surface area contributed by atoms with E-state index < -0.39 is 0 Å². The molecule has 3 saturated carbocycles. The number of carbonyl (C=O) groups is 1. The molecule has 3 nitrogen and oxygen atoms in total. The van der Waals surface area contributed by atoms with Crippen LogP contribution >= 0.6 is 0 Å². The number of ether oxygens (including phenoxy) is 1. The maximum Gasteiger partial charge on any atom is 0.338 e. The van der Waals surface area contributed by atoms with E-state index in [9.17, 15) is 9.90 Å². The summed E-state index contributed by atoms with van der Waals surface area (Å²) >= 11 is 0. The van der Waals surface area contributed by atoms with Gasteiger partial charge in [-0.15, -0.1) is 0 Å². The van der Waals surface area contributed by atoms with E-state index in [2.05, 4.69) is 61.5 Å². The molecule has 9 atom stereocenters. The van der Waals surface area contributed by atoms with Gasteiger partial charge in [0.05, 0.1) is 11.7 Å². The Labute approximate surface area is 244 Å². The summed E-state index contributed by atoms with van der Waals surface area (Å²) in [6.45, 7) is 19.3. The van der Waals surface area contributed by atoms with Gasteiger partial charge >= 0.3 is 5.97 Å². The third kappa shape index (κ3) is 4.52. The molecule has 3 heteroatoms. The van der Waals surface area contributed by atoms with Crippen LogP contribution in [0, 0.1) is 51.2 Å². The highest BCUT2D eigenvalue weighted by Crippen LogP contribution is 2.73. The lowest BCUT2D eigenvalue weighted by molar-refractivity contribution is -0.134. The monoisotopic (exact) mass is 548 g/mol. The zero-order valence-electron chi connectivity index (χ0n) is 26.6. The normalized spacial score (nSPS) is 41.0. The van der Waals surface area contributed by atoms with Crippen LogP contribution in [0.3, 0.4) is 0 Å². The molecular formula is C37H56O3. The highest BCUT2D eigenvalue weighted by molar-refractivity contribution is 5.89. The molecule has 0 amide bonds. The van der Waals surface area contributed by atoms with E-state index >= 15 is 0 Å². The Kier molecular flexibility index (Phi) is 7.90. The zero-order valence-corrected chi connectivity index (χ0v) is 26.6. The number of fused-ring (bicyclic) bond motifs is 5. The van der Waals surface area contributed by atoms with Gasteiger partial charge in [0.1, 0.15) is 6.10 Å². The third-order valence-corrected chi connectivity index (χ3v) is 13.3. The van der Waals surface area contributed by atoms with Crippen molar-refractivity contribution in [3.8, 4) is 0 Å². The van der Waals surface area contributed by atoms with Crippen LogP contribution in [-0.4, -0.2) is 23.3 Å². The van der Waals surface area contributed by atoms with Gasteiger partial charge in [-0.3, -0.25) is 0 Å². The van der Waals surface area contributed by atoms with E-state index in [4.69, 9.17) is 4.74 Å². The molecule has 1 aromatic rings. The fraction of sp³-hybridized carbons (Fsp3) is 0.757. The first-order chi connectivity index (χ1) is 18.8. The number of hydrogen-bond donors (Lipinski definition) is 1. The second-order valence-corrected chi connectivity index (χ2v) is 15.9. The lowest BCUT2D eigenvalue weighted by Gasteiger charge is -2.64. The molecule has 1 aromatic carbocycles. The molecule has 3 fully saturated rings. The average Bonchev–Trinajstić information content (AvgIpc) is 3.12. The molecule has 0 unspecified atom stereocenters. The van der Waals surface area contributed by atoms with E-state index in [0.717, 1.165) is 44.4 Å². The van der Waals surface area contributed by atoms with E-state index in [1.807, 2.05) is 30.3 Å². The number of rotatable bonds is 7. The van der Waals surface area contributed by atoms with Gasteiger partial charge in [-0.05, 0) is 91.1 Å². The standard InChI is InChI=1S/C37H56O3/c1-24(2)13-12-14-25(3)29-23-31(38)37(8)28-17-18-30-34(4,5)32(40-33(39)26-15-10-9-11-16-26)20-21-35(30,6)27(28)19-22-36(29,37)7/h9-11,15-16,19,24-25,28-32,38H,12-14,17-18,20-23H2,1-8H3/t25-,28-,29-,30+,31+,32+,35-,36-,37-/m1/s1. The first-order valence-electron chi connectivity index (χ1n) is 16.4. The van der Waals surface area contributed by atoms with Gasteiger partial charge in [-0.2, -0.15) is 0 Å². The van der Waals surface area contributed by atoms with E-state index in [-0.39, 0.29) is 39.8 Å². The van der Waals surface area contributed by atoms with Crippen LogP contribution in [0.2, 0.25) is 0 Å². The molecule has 0 heterocycles. The predicted octanol–water partition coefficient (Wildman–Crippen LogP) is 9.25. The first-order valence-corrected chi connectivity index (χ1v) is 16.4. The maximum absolute atomic E-state index is 13.0. The fourth-order valence-electron chi connectivity index (χ4n) is 10.7. The molecular weight excluding hydrogens is 492 g/mol. The summed E-state index contributed by atoms with van der Waals surface area (Å²) in [4.78, 5) is 13.0. The van der Waals surface area contributed by atoms with Crippen molar-refractivity contribution < 1.29 is 14.6 Å². The zero-order chi connectivity index (χ0) is 29.1. The molecule has 0 bridgehead atoms. The minimum atomic E-state index is -0.236. The number of carbonyl (C=O) groups excluding carboxylic acids is 1. The van der Waals surface area contributed by atoms with Crippen LogP contribution in [0.4, 0.5) is 0 Å². The largest absolute Gasteiger partial charge is 0.458 e. The minimum absolute atomic E-state index is 0.0759. The summed E-state index contributed by atoms with van der Waals surface area (Å²) < 4.78 is 6.23. The molecule has 0 aliphatic heterocycles. The van der Waals surface area contributed by atoms with Gasteiger partial charge in [-0.1, -0.05) is 105 Å². The van der Waals surface area contributed by atoms with Crippen LogP contribution in [-0.2, 0) is 4.74 Å². The predicted molar refractivity (Wildman–Crippen MR) is 164 cm³/mol. The van der Waals surface area contributed by atoms with E-state index in [0.29, 0.717) is 29.2 Å². The molecule has 4 aliphatic carbocycles. The Morgan fingerprint density at radius 1 is 1.00 bits per heavy atom. The van der Waals surface area contributed by atoms with Crippen molar-refractivity contribution in [2.24, 2.45) is 51.2 Å². The molecule has 5 rings (SSSR count). The summed E-state index contributed by atoms with van der Waals surface area (Å²) in [7, 11) is 0. The highest BCUT2D eigenvalue weighted by Gasteiger charge is 2.68. The quantitative estimate of drug-likeness (QED) is 0.273. The topological polar surface area (TPSA) is 46.5 Å². The van der Waals surface area contributed by atoms with Crippen molar-refractivity contribution in [2.45, 2.75) is 125 Å². The van der Waals surface area contributed by atoms with E-state index in [1.54, 1.807) is 5.57 Å². The van der Waals surface area contributed by atoms with Gasteiger partial charge in [0.15, 0.2) is 0 Å². The van der Waals surface area contributed by atoms with Crippen LogP contribution in [0.1, 0.15) is 124 Å². The number of esters is 1. The Bertz CT molecular complexity index is 1100. The van der Waals surface area contributed by atoms with Crippen LogP contribution < -0.4 is 0 Å². The SMILES string of the molecule is CC(C)CCC[C@@H](C)[C@H]1C[C@H](O)[C@@]2(C)[C@@H]3CC[C@H]4C(C)(C)[C@@H](OC(=O)c5ccccc5)CC[C@]4(C)C3=CC[C@]12C. The van der Waals surface area contributed by atoms with Gasteiger partial charge < -0.3 is 9.84 Å². The molecule has 0 aromatic heterocycles. The lowest BCUT2D eigenvalue weighted by Crippen LogP contribution is -2.59. The smallest absolute Gasteiger partial charge is 0.338 e. The van der Waals surface area contributed by atoms with Gasteiger partial charge in [0.2, 0.25) is 0 Å². The Morgan fingerprint density at radius 2 is 1.70 bits per heavy atom. The second-order valence-electron chi connectivity index (χ2n) is 15.9. The van der Waals surface area contributed by atoms with Crippen LogP contribution in [0.25, 0.3) is 0 Å². The first kappa shape index (κ1) is 29.9. The summed E-state index contributed by atoms with van der Waals surface area (Å²) in [6, 6.07) is 9.44. The molecule has 1 N–H and O–H groups in total. The van der Waals surface area contributed by atoms with Gasteiger partial charge in [0.25, 0.3) is 0 Å². The fourth-order valence-corrected chi connectivity index (χ4v) is 10.7. The van der Waals surface area contributed by atoms with Gasteiger partial charge in [0, 0.05) is 10.8 Å². The van der Waals surface area contributed by atoms with Crippen molar-refractivity contribution in [1.29, 1.82) is 0 Å². The summed E-state index contributed by atoms with van der Waals surface area (Å²) in [6.07, 6.45) is 12.5. The van der Waals surface area contributed by atoms with Crippen molar-refractivity contribution in [1.82, 2.24) is 0 Å². The summed E-state index contributed by atoms with van der Waals surface area (Å²) in [5.74, 6) is 2.69. The van der Waals surface area contributed by atoms with Crippen molar-refractivity contribution in [3.05, 3.63) is 47.5 Å². The average molecular weight is 549 g/mol.